The molecule has 0 aliphatic rings. The predicted molar refractivity (Wildman–Crippen MR) is 86.4 cm³/mol. The summed E-state index contributed by atoms with van der Waals surface area (Å²) >= 11 is 0. The minimum atomic E-state index is -1.04. The summed E-state index contributed by atoms with van der Waals surface area (Å²) in [5.74, 6) is -1.86. The zero-order valence-electron chi connectivity index (χ0n) is 12.5. The van der Waals surface area contributed by atoms with E-state index in [-0.39, 0.29) is 6.42 Å². The second-order valence-electron chi connectivity index (χ2n) is 5.28. The fourth-order valence-corrected chi connectivity index (χ4v) is 2.51. The molecule has 0 fully saturated rings. The first-order valence-corrected chi connectivity index (χ1v) is 7.26. The lowest BCUT2D eigenvalue weighted by Gasteiger charge is -2.10. The number of rotatable bonds is 4. The molecule has 0 aliphatic carbocycles. The summed E-state index contributed by atoms with van der Waals surface area (Å²) in [5.41, 5.74) is 2.40. The highest BCUT2D eigenvalue weighted by Gasteiger charge is 2.13. The molecular formula is C19H13F2NO2. The van der Waals surface area contributed by atoms with Crippen LogP contribution < -0.4 is 0 Å². The van der Waals surface area contributed by atoms with Crippen molar-refractivity contribution in [3.8, 4) is 22.4 Å². The van der Waals surface area contributed by atoms with Crippen LogP contribution in [0.2, 0.25) is 0 Å². The molecule has 1 N–H and O–H groups in total. The fourth-order valence-electron chi connectivity index (χ4n) is 2.51. The Morgan fingerprint density at radius 3 is 2.17 bits per heavy atom. The normalized spacial score (nSPS) is 10.6. The van der Waals surface area contributed by atoms with Crippen molar-refractivity contribution in [3.63, 3.8) is 0 Å². The largest absolute Gasteiger partial charge is 0.481 e. The first kappa shape index (κ1) is 15.8. The molecule has 3 aromatic rings. The van der Waals surface area contributed by atoms with Crippen LogP contribution in [0.1, 0.15) is 5.69 Å². The van der Waals surface area contributed by atoms with Crippen LogP contribution in [0.15, 0.2) is 60.7 Å². The molecule has 3 rings (SSSR count). The third kappa shape index (κ3) is 3.46. The lowest BCUT2D eigenvalue weighted by molar-refractivity contribution is -0.136. The second-order valence-corrected chi connectivity index (χ2v) is 5.28. The van der Waals surface area contributed by atoms with Gasteiger partial charge in [-0.2, -0.15) is 0 Å². The zero-order chi connectivity index (χ0) is 17.1. The van der Waals surface area contributed by atoms with Gasteiger partial charge in [-0.05, 0) is 35.9 Å². The second kappa shape index (κ2) is 6.58. The maximum Gasteiger partial charge on any atom is 0.309 e. The van der Waals surface area contributed by atoms with E-state index in [1.165, 1.54) is 24.3 Å². The van der Waals surface area contributed by atoms with Crippen LogP contribution in [0.25, 0.3) is 22.4 Å². The maximum atomic E-state index is 13.5. The van der Waals surface area contributed by atoms with Crippen molar-refractivity contribution in [3.05, 3.63) is 78.0 Å². The number of carboxylic acids is 1. The third-order valence-electron chi connectivity index (χ3n) is 3.55. The first-order valence-electron chi connectivity index (χ1n) is 7.26. The summed E-state index contributed by atoms with van der Waals surface area (Å²) in [6.45, 7) is 0. The van der Waals surface area contributed by atoms with Gasteiger partial charge in [-0.25, -0.2) is 8.78 Å². The van der Waals surface area contributed by atoms with Gasteiger partial charge in [0.15, 0.2) is 0 Å². The van der Waals surface area contributed by atoms with Crippen molar-refractivity contribution in [2.45, 2.75) is 6.42 Å². The number of carbonyl (C=O) groups is 1. The smallest absolute Gasteiger partial charge is 0.309 e. The maximum absolute atomic E-state index is 13.5. The number of carboxylic acid groups (broad SMARTS) is 1. The Balaban J connectivity index is 2.12. The van der Waals surface area contributed by atoms with Crippen LogP contribution in [0.5, 0.6) is 0 Å². The molecular weight excluding hydrogens is 312 g/mol. The zero-order valence-corrected chi connectivity index (χ0v) is 12.5. The summed E-state index contributed by atoms with van der Waals surface area (Å²) in [6, 6.07) is 15.1. The van der Waals surface area contributed by atoms with E-state index >= 15 is 0 Å². The number of benzene rings is 2. The number of pyridine rings is 1. The average molecular weight is 325 g/mol. The highest BCUT2D eigenvalue weighted by molar-refractivity contribution is 5.77. The summed E-state index contributed by atoms with van der Waals surface area (Å²) in [5, 5.41) is 9.12. The van der Waals surface area contributed by atoms with E-state index in [4.69, 9.17) is 5.11 Å². The number of hydrogen-bond acceptors (Lipinski definition) is 2. The van der Waals surface area contributed by atoms with Gasteiger partial charge >= 0.3 is 5.97 Å². The first-order chi connectivity index (χ1) is 11.5. The standard InChI is InChI=1S/C19H13F2NO2/c20-14-5-1-3-12(9-14)16-7-8-17(22-18(16)11-19(23)24)13-4-2-6-15(21)10-13/h1-10H,11H2,(H,23,24). The van der Waals surface area contributed by atoms with Crippen molar-refractivity contribution in [2.24, 2.45) is 0 Å². The average Bonchev–Trinajstić information content (AvgIpc) is 2.54. The lowest BCUT2D eigenvalue weighted by Crippen LogP contribution is -2.05. The van der Waals surface area contributed by atoms with Gasteiger partial charge < -0.3 is 5.11 Å². The van der Waals surface area contributed by atoms with Gasteiger partial charge in [-0.15, -0.1) is 0 Å². The molecule has 0 amide bonds. The Kier molecular flexibility index (Phi) is 4.33. The Hall–Kier alpha value is -3.08. The van der Waals surface area contributed by atoms with E-state index in [1.807, 2.05) is 0 Å². The number of nitrogens with zero attached hydrogens (tertiary/aromatic N) is 1. The van der Waals surface area contributed by atoms with Crippen molar-refractivity contribution in [1.82, 2.24) is 4.98 Å². The molecule has 0 unspecified atom stereocenters. The summed E-state index contributed by atoms with van der Waals surface area (Å²) in [4.78, 5) is 15.5. The minimum absolute atomic E-state index is 0.301. The highest BCUT2D eigenvalue weighted by atomic mass is 19.1. The predicted octanol–water partition coefficient (Wildman–Crippen LogP) is 4.32. The van der Waals surface area contributed by atoms with Crippen molar-refractivity contribution in [1.29, 1.82) is 0 Å². The van der Waals surface area contributed by atoms with Crippen molar-refractivity contribution >= 4 is 5.97 Å². The lowest BCUT2D eigenvalue weighted by atomic mass is 10.0. The summed E-state index contributed by atoms with van der Waals surface area (Å²) in [6.07, 6.45) is -0.311. The Morgan fingerprint density at radius 1 is 0.917 bits per heavy atom. The summed E-state index contributed by atoms with van der Waals surface area (Å²) in [7, 11) is 0. The van der Waals surface area contributed by atoms with Crippen molar-refractivity contribution in [2.75, 3.05) is 0 Å². The minimum Gasteiger partial charge on any atom is -0.481 e. The molecule has 0 bridgehead atoms. The van der Waals surface area contributed by atoms with E-state index < -0.39 is 17.6 Å². The van der Waals surface area contributed by atoms with E-state index in [2.05, 4.69) is 4.98 Å². The molecule has 120 valence electrons. The Bertz CT molecular complexity index is 909. The molecule has 0 saturated heterocycles. The molecule has 24 heavy (non-hydrogen) atoms. The Morgan fingerprint density at radius 2 is 1.54 bits per heavy atom. The molecule has 1 heterocycles. The third-order valence-corrected chi connectivity index (χ3v) is 3.55. The van der Waals surface area contributed by atoms with Crippen LogP contribution in [-0.4, -0.2) is 16.1 Å². The fraction of sp³-hybridized carbons (Fsp3) is 0.0526. The van der Waals surface area contributed by atoms with Crippen LogP contribution in [-0.2, 0) is 11.2 Å². The van der Waals surface area contributed by atoms with Gasteiger partial charge in [-0.3, -0.25) is 9.78 Å². The van der Waals surface area contributed by atoms with Crippen LogP contribution in [0.3, 0.4) is 0 Å². The van der Waals surface area contributed by atoms with Gasteiger partial charge in [0, 0.05) is 11.1 Å². The molecule has 3 nitrogen and oxygen atoms in total. The van der Waals surface area contributed by atoms with Gasteiger partial charge in [0.05, 0.1) is 17.8 Å². The van der Waals surface area contributed by atoms with E-state index in [9.17, 15) is 13.6 Å². The number of aliphatic carboxylic acids is 1. The van der Waals surface area contributed by atoms with E-state index in [1.54, 1.807) is 36.4 Å². The molecule has 0 aliphatic heterocycles. The van der Waals surface area contributed by atoms with Crippen molar-refractivity contribution < 1.29 is 18.7 Å². The quantitative estimate of drug-likeness (QED) is 0.777. The SMILES string of the molecule is O=C(O)Cc1nc(-c2cccc(F)c2)ccc1-c1cccc(F)c1. The summed E-state index contributed by atoms with van der Waals surface area (Å²) < 4.78 is 26.8. The van der Waals surface area contributed by atoms with Gasteiger partial charge in [0.1, 0.15) is 11.6 Å². The topological polar surface area (TPSA) is 50.2 Å². The van der Waals surface area contributed by atoms with E-state index in [0.29, 0.717) is 28.1 Å². The van der Waals surface area contributed by atoms with Crippen LogP contribution >= 0.6 is 0 Å². The number of aromatic nitrogens is 1. The van der Waals surface area contributed by atoms with E-state index in [0.717, 1.165) is 0 Å². The van der Waals surface area contributed by atoms with Gasteiger partial charge in [0.2, 0.25) is 0 Å². The molecule has 0 atom stereocenters. The molecule has 0 saturated carbocycles. The van der Waals surface area contributed by atoms with Gasteiger partial charge in [-0.1, -0.05) is 30.3 Å². The van der Waals surface area contributed by atoms with Crippen LogP contribution in [0, 0.1) is 11.6 Å². The molecule has 1 aromatic heterocycles. The molecule has 2 aromatic carbocycles. The van der Waals surface area contributed by atoms with Gasteiger partial charge in [0.25, 0.3) is 0 Å². The number of halogens is 2. The highest BCUT2D eigenvalue weighted by Crippen LogP contribution is 2.27. The molecule has 0 spiro atoms. The Labute approximate surface area is 137 Å². The molecule has 5 heteroatoms. The van der Waals surface area contributed by atoms with Crippen LogP contribution in [0.4, 0.5) is 8.78 Å². The monoisotopic (exact) mass is 325 g/mol. The molecule has 0 radical (unpaired) electrons. The number of hydrogen-bond donors (Lipinski definition) is 1.